The third kappa shape index (κ3) is 5.09. The molecule has 140 valence electrons. The fourth-order valence-corrected chi connectivity index (χ4v) is 3.04. The number of benzene rings is 2. The van der Waals surface area contributed by atoms with Gasteiger partial charge in [-0.2, -0.15) is 0 Å². The topological polar surface area (TPSA) is 51.2 Å². The zero-order valence-corrected chi connectivity index (χ0v) is 14.8. The Kier molecular flexibility index (Phi) is 6.30. The van der Waals surface area contributed by atoms with Crippen molar-refractivity contribution in [2.45, 2.75) is 18.6 Å². The molecule has 1 N–H and O–H groups in total. The Morgan fingerprint density at radius 1 is 1.15 bits per heavy atom. The van der Waals surface area contributed by atoms with Crippen LogP contribution in [0, 0.1) is 5.82 Å². The minimum absolute atomic E-state index is 0.0443. The zero-order chi connectivity index (χ0) is 18.4. The fraction of sp³-hybridized carbons (Fsp3) is 0.400. The van der Waals surface area contributed by atoms with Crippen molar-refractivity contribution in [1.82, 2.24) is 4.90 Å². The van der Waals surface area contributed by atoms with E-state index in [1.54, 1.807) is 19.2 Å². The molecule has 1 aliphatic heterocycles. The molecule has 5 nitrogen and oxygen atoms in total. The van der Waals surface area contributed by atoms with Gasteiger partial charge in [0.2, 0.25) is 0 Å². The molecule has 26 heavy (non-hydrogen) atoms. The van der Waals surface area contributed by atoms with Gasteiger partial charge in [0.15, 0.2) is 11.5 Å². The average Bonchev–Trinajstić information content (AvgIpc) is 3.09. The smallest absolute Gasteiger partial charge is 0.161 e. The number of aliphatic hydroxyl groups is 1. The lowest BCUT2D eigenvalue weighted by atomic mass is 10.3. The van der Waals surface area contributed by atoms with Crippen LogP contribution in [-0.4, -0.2) is 55.6 Å². The van der Waals surface area contributed by atoms with Crippen LogP contribution in [0.2, 0.25) is 0 Å². The lowest BCUT2D eigenvalue weighted by molar-refractivity contribution is 0.0709. The van der Waals surface area contributed by atoms with Gasteiger partial charge in [-0.1, -0.05) is 12.1 Å². The molecular weight excluding hydrogens is 337 g/mol. The molecule has 1 saturated heterocycles. The molecule has 3 rings (SSSR count). The second-order valence-electron chi connectivity index (χ2n) is 6.36. The number of ether oxygens (including phenoxy) is 3. The van der Waals surface area contributed by atoms with Crippen LogP contribution in [0.25, 0.3) is 0 Å². The van der Waals surface area contributed by atoms with Crippen LogP contribution in [-0.2, 0) is 0 Å². The first-order valence-corrected chi connectivity index (χ1v) is 8.72. The highest BCUT2D eigenvalue weighted by Gasteiger charge is 2.25. The summed E-state index contributed by atoms with van der Waals surface area (Å²) < 4.78 is 29.7. The summed E-state index contributed by atoms with van der Waals surface area (Å²) in [5, 5.41) is 10.3. The van der Waals surface area contributed by atoms with E-state index in [0.717, 1.165) is 19.5 Å². The number of nitrogens with zero attached hydrogens (tertiary/aromatic N) is 1. The maximum Gasteiger partial charge on any atom is 0.161 e. The third-order valence-corrected chi connectivity index (χ3v) is 4.31. The van der Waals surface area contributed by atoms with Gasteiger partial charge in [-0.3, -0.25) is 4.90 Å². The summed E-state index contributed by atoms with van der Waals surface area (Å²) in [5.41, 5.74) is 0. The quantitative estimate of drug-likeness (QED) is 0.784. The molecule has 2 aromatic rings. The van der Waals surface area contributed by atoms with E-state index in [-0.39, 0.29) is 18.5 Å². The largest absolute Gasteiger partial charge is 0.493 e. The molecule has 1 fully saturated rings. The van der Waals surface area contributed by atoms with Gasteiger partial charge in [-0.25, -0.2) is 4.39 Å². The number of likely N-dealkylation sites (tertiary alicyclic amines) is 1. The van der Waals surface area contributed by atoms with Crippen LogP contribution in [0.3, 0.4) is 0 Å². The van der Waals surface area contributed by atoms with Gasteiger partial charge < -0.3 is 19.3 Å². The molecule has 2 atom stereocenters. The number of aliphatic hydroxyl groups excluding tert-OH is 1. The van der Waals surface area contributed by atoms with Crippen molar-refractivity contribution in [2.24, 2.45) is 0 Å². The van der Waals surface area contributed by atoms with Gasteiger partial charge in [0.1, 0.15) is 30.4 Å². The summed E-state index contributed by atoms with van der Waals surface area (Å²) in [6.45, 7) is 2.28. The van der Waals surface area contributed by atoms with Crippen molar-refractivity contribution < 1.29 is 23.7 Å². The maximum absolute atomic E-state index is 12.9. The van der Waals surface area contributed by atoms with Gasteiger partial charge in [0.25, 0.3) is 0 Å². The Bertz CT molecular complexity index is 694. The first kappa shape index (κ1) is 18.5. The monoisotopic (exact) mass is 361 g/mol. The summed E-state index contributed by atoms with van der Waals surface area (Å²) in [6, 6.07) is 13.4. The molecule has 6 heteroatoms. The number of rotatable bonds is 8. The molecule has 0 saturated carbocycles. The van der Waals surface area contributed by atoms with Gasteiger partial charge in [-0.05, 0) is 42.8 Å². The van der Waals surface area contributed by atoms with Crippen LogP contribution in [0.5, 0.6) is 17.2 Å². The summed E-state index contributed by atoms with van der Waals surface area (Å²) >= 11 is 0. The Labute approximate surface area is 152 Å². The SMILES string of the molecule is COc1ccccc1OCC(O)CN1CCC(Oc2ccc(F)cc2)C1. The van der Waals surface area contributed by atoms with Gasteiger partial charge in [0.05, 0.1) is 7.11 Å². The number of hydrogen-bond acceptors (Lipinski definition) is 5. The maximum atomic E-state index is 12.9. The van der Waals surface area contributed by atoms with E-state index in [9.17, 15) is 9.50 Å². The molecule has 0 bridgehead atoms. The summed E-state index contributed by atoms with van der Waals surface area (Å²) in [7, 11) is 1.59. The standard InChI is InChI=1S/C20H24FNO4/c1-24-19-4-2-3-5-20(19)25-14-16(23)12-22-11-10-18(13-22)26-17-8-6-15(21)7-9-17/h2-9,16,18,23H,10-14H2,1H3. The number of hydrogen-bond donors (Lipinski definition) is 1. The molecule has 0 spiro atoms. The van der Waals surface area contributed by atoms with Crippen molar-refractivity contribution in [1.29, 1.82) is 0 Å². The van der Waals surface area contributed by atoms with E-state index in [2.05, 4.69) is 4.90 Å². The molecule has 0 radical (unpaired) electrons. The van der Waals surface area contributed by atoms with Crippen molar-refractivity contribution in [3.05, 3.63) is 54.3 Å². The molecule has 2 aromatic carbocycles. The molecule has 1 heterocycles. The lowest BCUT2D eigenvalue weighted by Crippen LogP contribution is -2.35. The van der Waals surface area contributed by atoms with E-state index in [1.165, 1.54) is 12.1 Å². The van der Waals surface area contributed by atoms with Gasteiger partial charge in [0, 0.05) is 19.6 Å². The highest BCUT2D eigenvalue weighted by Crippen LogP contribution is 2.26. The van der Waals surface area contributed by atoms with Crippen molar-refractivity contribution in [3.8, 4) is 17.2 Å². The van der Waals surface area contributed by atoms with Crippen LogP contribution < -0.4 is 14.2 Å². The number of β-amino-alcohol motifs (C(OH)–C–C–N with tert-alkyl or cyclic N) is 1. The highest BCUT2D eigenvalue weighted by atomic mass is 19.1. The minimum Gasteiger partial charge on any atom is -0.493 e. The van der Waals surface area contributed by atoms with Gasteiger partial charge in [-0.15, -0.1) is 0 Å². The van der Waals surface area contributed by atoms with Crippen LogP contribution in [0.1, 0.15) is 6.42 Å². The Balaban J connectivity index is 1.42. The normalized spacial score (nSPS) is 18.5. The molecular formula is C20H24FNO4. The second-order valence-corrected chi connectivity index (χ2v) is 6.36. The highest BCUT2D eigenvalue weighted by molar-refractivity contribution is 5.39. The number of halogens is 1. The van der Waals surface area contributed by atoms with Gasteiger partial charge >= 0.3 is 0 Å². The third-order valence-electron chi connectivity index (χ3n) is 4.31. The Morgan fingerprint density at radius 2 is 1.88 bits per heavy atom. The Morgan fingerprint density at radius 3 is 2.62 bits per heavy atom. The molecule has 1 aliphatic rings. The van der Waals surface area contributed by atoms with Crippen molar-refractivity contribution >= 4 is 0 Å². The molecule has 0 aromatic heterocycles. The fourth-order valence-electron chi connectivity index (χ4n) is 3.04. The molecule has 0 amide bonds. The van der Waals surface area contributed by atoms with E-state index >= 15 is 0 Å². The van der Waals surface area contributed by atoms with E-state index < -0.39 is 6.10 Å². The molecule has 0 aliphatic carbocycles. The van der Waals surface area contributed by atoms with Crippen molar-refractivity contribution in [2.75, 3.05) is 33.4 Å². The summed E-state index contributed by atoms with van der Waals surface area (Å²) in [6.07, 6.45) is 0.310. The summed E-state index contributed by atoms with van der Waals surface area (Å²) in [5.74, 6) is 1.66. The zero-order valence-electron chi connectivity index (χ0n) is 14.8. The lowest BCUT2D eigenvalue weighted by Gasteiger charge is -2.21. The number of para-hydroxylation sites is 2. The minimum atomic E-state index is -0.607. The predicted octanol–water partition coefficient (Wildman–Crippen LogP) is 2.73. The van der Waals surface area contributed by atoms with Crippen molar-refractivity contribution in [3.63, 3.8) is 0 Å². The first-order chi connectivity index (χ1) is 12.6. The summed E-state index contributed by atoms with van der Waals surface area (Å²) in [4.78, 5) is 2.14. The predicted molar refractivity (Wildman–Crippen MR) is 96.4 cm³/mol. The second kappa shape index (κ2) is 8.87. The van der Waals surface area contributed by atoms with E-state index in [4.69, 9.17) is 14.2 Å². The van der Waals surface area contributed by atoms with Crippen LogP contribution in [0.15, 0.2) is 48.5 Å². The Hall–Kier alpha value is -2.31. The average molecular weight is 361 g/mol. The van der Waals surface area contributed by atoms with Crippen LogP contribution in [0.4, 0.5) is 4.39 Å². The first-order valence-electron chi connectivity index (χ1n) is 8.72. The number of methoxy groups -OCH3 is 1. The van der Waals surface area contributed by atoms with E-state index in [1.807, 2.05) is 24.3 Å². The van der Waals surface area contributed by atoms with Crippen LogP contribution >= 0.6 is 0 Å². The molecule has 2 unspecified atom stereocenters. The van der Waals surface area contributed by atoms with E-state index in [0.29, 0.717) is 23.8 Å².